The van der Waals surface area contributed by atoms with E-state index in [4.69, 9.17) is 0 Å². The van der Waals surface area contributed by atoms with Gasteiger partial charge in [-0.3, -0.25) is 9.69 Å². The zero-order valence-electron chi connectivity index (χ0n) is 16.2. The van der Waals surface area contributed by atoms with Gasteiger partial charge in [0.2, 0.25) is 5.91 Å². The van der Waals surface area contributed by atoms with Crippen LogP contribution in [-0.4, -0.2) is 86.1 Å². The molecule has 26 heavy (non-hydrogen) atoms. The smallest absolute Gasteiger partial charge is 0.236 e. The number of carbonyl (C=O) groups excluding carboxylic acids is 1. The van der Waals surface area contributed by atoms with E-state index in [0.29, 0.717) is 18.5 Å². The fourth-order valence-electron chi connectivity index (χ4n) is 3.98. The zero-order chi connectivity index (χ0) is 18.7. The summed E-state index contributed by atoms with van der Waals surface area (Å²) in [5, 5.41) is 0. The number of hydrogen-bond donors (Lipinski definition) is 0. The topological polar surface area (TPSA) is 30.0 Å². The Balaban J connectivity index is 1.48. The van der Waals surface area contributed by atoms with Crippen molar-refractivity contribution in [1.82, 2.24) is 14.7 Å². The number of rotatable bonds is 4. The highest BCUT2D eigenvalue weighted by molar-refractivity contribution is 5.78. The summed E-state index contributed by atoms with van der Waals surface area (Å²) in [6.45, 7) is 11.0. The third kappa shape index (κ3) is 4.54. The summed E-state index contributed by atoms with van der Waals surface area (Å²) in [6.07, 6.45) is 0. The van der Waals surface area contributed by atoms with E-state index in [1.807, 2.05) is 17.0 Å². The molecule has 2 heterocycles. The van der Waals surface area contributed by atoms with Gasteiger partial charge in [0.15, 0.2) is 0 Å². The number of anilines is 1. The van der Waals surface area contributed by atoms with E-state index >= 15 is 0 Å². The van der Waals surface area contributed by atoms with Gasteiger partial charge in [0, 0.05) is 57.5 Å². The molecule has 2 aliphatic heterocycles. The van der Waals surface area contributed by atoms with Gasteiger partial charge in [-0.25, -0.2) is 4.39 Å². The molecule has 0 bridgehead atoms. The van der Waals surface area contributed by atoms with Gasteiger partial charge in [-0.05, 0) is 37.2 Å². The molecule has 1 aromatic carbocycles. The highest BCUT2D eigenvalue weighted by Gasteiger charge is 2.29. The Morgan fingerprint density at radius 1 is 1.08 bits per heavy atom. The van der Waals surface area contributed by atoms with Crippen LogP contribution in [-0.2, 0) is 4.79 Å². The Morgan fingerprint density at radius 3 is 2.35 bits per heavy atom. The van der Waals surface area contributed by atoms with Crippen LogP contribution in [0.25, 0.3) is 0 Å². The van der Waals surface area contributed by atoms with Crippen molar-refractivity contribution in [2.45, 2.75) is 19.9 Å². The maximum atomic E-state index is 13.1. The maximum absolute atomic E-state index is 13.1. The Labute approximate surface area is 156 Å². The van der Waals surface area contributed by atoms with Gasteiger partial charge in [0.1, 0.15) is 5.82 Å². The minimum Gasteiger partial charge on any atom is -0.368 e. The number of carbonyl (C=O) groups is 1. The molecule has 0 N–H and O–H groups in total. The van der Waals surface area contributed by atoms with Crippen LogP contribution in [0.1, 0.15) is 13.8 Å². The summed E-state index contributed by atoms with van der Waals surface area (Å²) < 4.78 is 13.1. The van der Waals surface area contributed by atoms with Gasteiger partial charge in [0.05, 0.1) is 6.54 Å². The standard InChI is InChI=1S/C20H31FN4O/c1-16(2)19-14-23(9-8-22(19)3)15-20(26)25-12-10-24(11-13-25)18-6-4-17(21)5-7-18/h4-7,16,19H,8-15H2,1-3H3/t19-/m1/s1. The van der Waals surface area contributed by atoms with Crippen molar-refractivity contribution in [2.24, 2.45) is 5.92 Å². The summed E-state index contributed by atoms with van der Waals surface area (Å²) >= 11 is 0. The molecule has 3 rings (SSSR count). The van der Waals surface area contributed by atoms with E-state index < -0.39 is 0 Å². The Kier molecular flexibility index (Phi) is 6.14. The average Bonchev–Trinajstić information content (AvgIpc) is 2.64. The Bertz CT molecular complexity index is 598. The van der Waals surface area contributed by atoms with Crippen LogP contribution in [0.15, 0.2) is 24.3 Å². The van der Waals surface area contributed by atoms with Crippen molar-refractivity contribution < 1.29 is 9.18 Å². The van der Waals surface area contributed by atoms with Crippen LogP contribution < -0.4 is 4.90 Å². The summed E-state index contributed by atoms with van der Waals surface area (Å²) in [5.74, 6) is 0.613. The number of hydrogen-bond acceptors (Lipinski definition) is 4. The Morgan fingerprint density at radius 2 is 1.73 bits per heavy atom. The van der Waals surface area contributed by atoms with Gasteiger partial charge in [0.25, 0.3) is 0 Å². The van der Waals surface area contributed by atoms with Crippen molar-refractivity contribution in [3.8, 4) is 0 Å². The second kappa shape index (κ2) is 8.35. The number of nitrogens with zero attached hydrogens (tertiary/aromatic N) is 4. The van der Waals surface area contributed by atoms with Crippen LogP contribution in [0.3, 0.4) is 0 Å². The molecule has 0 aliphatic carbocycles. The summed E-state index contributed by atoms with van der Waals surface area (Å²) in [4.78, 5) is 21.6. The van der Waals surface area contributed by atoms with E-state index in [1.165, 1.54) is 12.1 Å². The molecule has 1 aromatic rings. The highest BCUT2D eigenvalue weighted by Crippen LogP contribution is 2.18. The van der Waals surface area contributed by atoms with Crippen LogP contribution in [0.4, 0.5) is 10.1 Å². The molecule has 0 saturated carbocycles. The predicted molar refractivity (Wildman–Crippen MR) is 103 cm³/mol. The largest absolute Gasteiger partial charge is 0.368 e. The number of piperazine rings is 2. The predicted octanol–water partition coefficient (Wildman–Crippen LogP) is 1.75. The monoisotopic (exact) mass is 362 g/mol. The van der Waals surface area contributed by atoms with E-state index in [-0.39, 0.29) is 11.7 Å². The second-order valence-corrected chi connectivity index (χ2v) is 7.87. The van der Waals surface area contributed by atoms with E-state index in [9.17, 15) is 9.18 Å². The Hall–Kier alpha value is -1.66. The number of halogens is 1. The minimum absolute atomic E-state index is 0.213. The molecule has 144 valence electrons. The fraction of sp³-hybridized carbons (Fsp3) is 0.650. The van der Waals surface area contributed by atoms with Gasteiger partial charge in [-0.1, -0.05) is 13.8 Å². The maximum Gasteiger partial charge on any atom is 0.236 e. The molecule has 2 aliphatic rings. The molecular weight excluding hydrogens is 331 g/mol. The van der Waals surface area contributed by atoms with Crippen molar-refractivity contribution in [1.29, 1.82) is 0 Å². The lowest BCUT2D eigenvalue weighted by molar-refractivity contribution is -0.133. The molecule has 5 nitrogen and oxygen atoms in total. The van der Waals surface area contributed by atoms with E-state index in [2.05, 4.69) is 35.6 Å². The zero-order valence-corrected chi connectivity index (χ0v) is 16.2. The lowest BCUT2D eigenvalue weighted by Crippen LogP contribution is -2.57. The van der Waals surface area contributed by atoms with Crippen molar-refractivity contribution >= 4 is 11.6 Å². The molecule has 0 unspecified atom stereocenters. The normalized spacial score (nSPS) is 22.9. The van der Waals surface area contributed by atoms with Crippen molar-refractivity contribution in [3.05, 3.63) is 30.1 Å². The summed E-state index contributed by atoms with van der Waals surface area (Å²) in [7, 11) is 2.18. The van der Waals surface area contributed by atoms with Gasteiger partial charge >= 0.3 is 0 Å². The van der Waals surface area contributed by atoms with Crippen molar-refractivity contribution in [2.75, 3.05) is 64.3 Å². The molecule has 0 aromatic heterocycles. The van der Waals surface area contributed by atoms with Crippen LogP contribution in [0.5, 0.6) is 0 Å². The van der Waals surface area contributed by atoms with Crippen LogP contribution in [0.2, 0.25) is 0 Å². The number of amides is 1. The van der Waals surface area contributed by atoms with Crippen LogP contribution >= 0.6 is 0 Å². The lowest BCUT2D eigenvalue weighted by atomic mass is 10.0. The van der Waals surface area contributed by atoms with Gasteiger partial charge in [-0.2, -0.15) is 0 Å². The average molecular weight is 362 g/mol. The van der Waals surface area contributed by atoms with Crippen molar-refractivity contribution in [3.63, 3.8) is 0 Å². The number of likely N-dealkylation sites (N-methyl/N-ethyl adjacent to an activating group) is 1. The molecule has 2 fully saturated rings. The molecule has 0 spiro atoms. The first-order valence-electron chi connectivity index (χ1n) is 9.65. The first-order valence-corrected chi connectivity index (χ1v) is 9.65. The van der Waals surface area contributed by atoms with E-state index in [1.54, 1.807) is 0 Å². The quantitative estimate of drug-likeness (QED) is 0.816. The molecule has 1 amide bonds. The fourth-order valence-corrected chi connectivity index (χ4v) is 3.98. The summed E-state index contributed by atoms with van der Waals surface area (Å²) in [5.41, 5.74) is 1.03. The van der Waals surface area contributed by atoms with Crippen LogP contribution in [0, 0.1) is 11.7 Å². The summed E-state index contributed by atoms with van der Waals surface area (Å²) in [6, 6.07) is 7.12. The molecule has 6 heteroatoms. The first kappa shape index (κ1) is 19.1. The minimum atomic E-state index is -0.213. The lowest BCUT2D eigenvalue weighted by Gasteiger charge is -2.42. The van der Waals surface area contributed by atoms with E-state index in [0.717, 1.165) is 51.5 Å². The highest BCUT2D eigenvalue weighted by atomic mass is 19.1. The third-order valence-electron chi connectivity index (χ3n) is 5.73. The number of benzene rings is 1. The molecule has 1 atom stereocenters. The van der Waals surface area contributed by atoms with Gasteiger partial charge < -0.3 is 14.7 Å². The molecule has 0 radical (unpaired) electrons. The molecular formula is C20H31FN4O. The third-order valence-corrected chi connectivity index (χ3v) is 5.73. The van der Waals surface area contributed by atoms with Gasteiger partial charge in [-0.15, -0.1) is 0 Å². The molecule has 2 saturated heterocycles. The first-order chi connectivity index (χ1) is 12.4. The second-order valence-electron chi connectivity index (χ2n) is 7.87. The SMILES string of the molecule is CC(C)[C@H]1CN(CC(=O)N2CCN(c3ccc(F)cc3)CC2)CCN1C.